The second kappa shape index (κ2) is 59.5. The van der Waals surface area contributed by atoms with E-state index >= 15 is 0 Å². The Balaban J connectivity index is 4.33. The van der Waals surface area contributed by atoms with Crippen LogP contribution >= 0.6 is 0 Å². The molecule has 6 heteroatoms. The minimum Gasteiger partial charge on any atom is -0.462 e. The standard InChI is InChI=1S/C64H120O6/c1-4-7-10-13-16-19-22-25-28-30-32-34-36-39-42-45-48-51-54-57-63(66)69-60-61(59-68-62(65)56-53-50-47-44-41-38-35-27-24-21-18-15-12-9-6-3)70-64(67)58-55-52-49-46-43-40-37-33-31-29-26-23-20-17-14-11-8-5-2/h27,30,32,35,61H,4-26,28-29,31,33-34,36-60H2,1-3H3/b32-30-,35-27-/t61-/m1/s1. The van der Waals surface area contributed by atoms with E-state index in [1.165, 1.54) is 244 Å². The van der Waals surface area contributed by atoms with Crippen LogP contribution < -0.4 is 0 Å². The Morgan fingerprint density at radius 3 is 0.714 bits per heavy atom. The fourth-order valence-corrected chi connectivity index (χ4v) is 9.44. The Morgan fingerprint density at radius 2 is 0.471 bits per heavy atom. The molecule has 1 atom stereocenters. The quantitative estimate of drug-likeness (QED) is 0.0261. The van der Waals surface area contributed by atoms with Crippen molar-refractivity contribution >= 4 is 17.9 Å². The molecule has 70 heavy (non-hydrogen) atoms. The van der Waals surface area contributed by atoms with Crippen molar-refractivity contribution in [1.82, 2.24) is 0 Å². The van der Waals surface area contributed by atoms with Crippen molar-refractivity contribution in [3.8, 4) is 0 Å². The van der Waals surface area contributed by atoms with E-state index in [0.717, 1.165) is 64.2 Å². The second-order valence-corrected chi connectivity index (χ2v) is 21.3. The third-order valence-corrected chi connectivity index (χ3v) is 14.2. The third-order valence-electron chi connectivity index (χ3n) is 14.2. The van der Waals surface area contributed by atoms with Crippen LogP contribution in [0.5, 0.6) is 0 Å². The van der Waals surface area contributed by atoms with Crippen molar-refractivity contribution in [3.63, 3.8) is 0 Å². The number of allylic oxidation sites excluding steroid dienone is 4. The lowest BCUT2D eigenvalue weighted by Crippen LogP contribution is -2.30. The molecule has 0 aromatic rings. The zero-order valence-corrected chi connectivity index (χ0v) is 47.3. The summed E-state index contributed by atoms with van der Waals surface area (Å²) in [6.45, 7) is 6.69. The van der Waals surface area contributed by atoms with Crippen LogP contribution in [0.25, 0.3) is 0 Å². The van der Waals surface area contributed by atoms with Crippen molar-refractivity contribution in [1.29, 1.82) is 0 Å². The number of unbranched alkanes of at least 4 members (excludes halogenated alkanes) is 43. The van der Waals surface area contributed by atoms with Gasteiger partial charge >= 0.3 is 17.9 Å². The molecule has 0 N–H and O–H groups in total. The molecule has 0 aromatic carbocycles. The predicted octanol–water partition coefficient (Wildman–Crippen LogP) is 21.1. The van der Waals surface area contributed by atoms with E-state index in [0.29, 0.717) is 19.3 Å². The lowest BCUT2D eigenvalue weighted by Gasteiger charge is -2.18. The molecule has 0 saturated carbocycles. The Labute approximate surface area is 436 Å². The Kier molecular flexibility index (Phi) is 57.7. The molecule has 0 aliphatic rings. The smallest absolute Gasteiger partial charge is 0.306 e. The van der Waals surface area contributed by atoms with Crippen LogP contribution in [0.15, 0.2) is 24.3 Å². The molecular weight excluding hydrogens is 865 g/mol. The van der Waals surface area contributed by atoms with Crippen molar-refractivity contribution in [3.05, 3.63) is 24.3 Å². The van der Waals surface area contributed by atoms with E-state index in [-0.39, 0.29) is 31.1 Å². The minimum absolute atomic E-state index is 0.0715. The highest BCUT2D eigenvalue weighted by Gasteiger charge is 2.19. The first kappa shape index (κ1) is 67.9. The van der Waals surface area contributed by atoms with Crippen molar-refractivity contribution in [2.45, 2.75) is 354 Å². The maximum Gasteiger partial charge on any atom is 0.306 e. The molecule has 0 bridgehead atoms. The molecule has 0 unspecified atom stereocenters. The third kappa shape index (κ3) is 56.8. The largest absolute Gasteiger partial charge is 0.462 e. The topological polar surface area (TPSA) is 78.9 Å². The fraction of sp³-hybridized carbons (Fsp3) is 0.891. The van der Waals surface area contributed by atoms with Crippen LogP contribution in [-0.4, -0.2) is 37.2 Å². The normalized spacial score (nSPS) is 12.1. The zero-order valence-electron chi connectivity index (χ0n) is 47.3. The van der Waals surface area contributed by atoms with Crippen LogP contribution in [0.3, 0.4) is 0 Å². The van der Waals surface area contributed by atoms with Gasteiger partial charge in [0.05, 0.1) is 0 Å². The van der Waals surface area contributed by atoms with Gasteiger partial charge in [0, 0.05) is 19.3 Å². The summed E-state index contributed by atoms with van der Waals surface area (Å²) in [4.78, 5) is 38.3. The van der Waals surface area contributed by atoms with Gasteiger partial charge in [-0.2, -0.15) is 0 Å². The minimum atomic E-state index is -0.773. The van der Waals surface area contributed by atoms with Gasteiger partial charge in [-0.15, -0.1) is 0 Å². The number of rotatable bonds is 58. The Bertz CT molecular complexity index is 1130. The molecule has 0 aliphatic heterocycles. The number of ether oxygens (including phenoxy) is 3. The van der Waals surface area contributed by atoms with E-state index in [9.17, 15) is 14.4 Å². The molecule has 0 saturated heterocycles. The van der Waals surface area contributed by atoms with E-state index in [4.69, 9.17) is 14.2 Å². The molecule has 0 rings (SSSR count). The monoisotopic (exact) mass is 985 g/mol. The first-order chi connectivity index (χ1) is 34.5. The van der Waals surface area contributed by atoms with Gasteiger partial charge in [0.1, 0.15) is 13.2 Å². The molecule has 0 spiro atoms. The van der Waals surface area contributed by atoms with Crippen LogP contribution in [0.2, 0.25) is 0 Å². The summed E-state index contributed by atoms with van der Waals surface area (Å²) >= 11 is 0. The summed E-state index contributed by atoms with van der Waals surface area (Å²) in [6, 6.07) is 0. The lowest BCUT2D eigenvalue weighted by atomic mass is 10.0. The maximum absolute atomic E-state index is 12.9. The lowest BCUT2D eigenvalue weighted by molar-refractivity contribution is -0.167. The van der Waals surface area contributed by atoms with Crippen LogP contribution in [0, 0.1) is 0 Å². The SMILES string of the molecule is CCCCCCCC/C=C\CCCCCCCC(=O)OC[C@H](COC(=O)CCCCCCCCC/C=C\CCCCCCCCCC)OC(=O)CCCCCCCCCCCCCCCCCCCC. The first-order valence-electron chi connectivity index (χ1n) is 31.3. The van der Waals surface area contributed by atoms with Crippen molar-refractivity contribution in [2.24, 2.45) is 0 Å². The summed E-state index contributed by atoms with van der Waals surface area (Å²) in [5.41, 5.74) is 0. The van der Waals surface area contributed by atoms with E-state index in [1.54, 1.807) is 0 Å². The van der Waals surface area contributed by atoms with Crippen molar-refractivity contribution < 1.29 is 28.6 Å². The molecule has 0 amide bonds. The summed E-state index contributed by atoms with van der Waals surface area (Å²) in [6.07, 6.45) is 70.3. The number of hydrogen-bond donors (Lipinski definition) is 0. The van der Waals surface area contributed by atoms with Gasteiger partial charge in [0.2, 0.25) is 0 Å². The molecule has 6 nitrogen and oxygen atoms in total. The number of hydrogen-bond acceptors (Lipinski definition) is 6. The summed E-state index contributed by atoms with van der Waals surface area (Å²) < 4.78 is 16.9. The highest BCUT2D eigenvalue weighted by molar-refractivity contribution is 5.71. The number of carbonyl (C=O) groups is 3. The summed E-state index contributed by atoms with van der Waals surface area (Å²) in [5.74, 6) is -0.859. The molecule has 0 aromatic heterocycles. The Morgan fingerprint density at radius 1 is 0.271 bits per heavy atom. The molecule has 0 fully saturated rings. The fourth-order valence-electron chi connectivity index (χ4n) is 9.44. The highest BCUT2D eigenvalue weighted by atomic mass is 16.6. The molecule has 0 heterocycles. The number of carbonyl (C=O) groups excluding carboxylic acids is 3. The van der Waals surface area contributed by atoms with Crippen molar-refractivity contribution in [2.75, 3.05) is 13.2 Å². The average molecular weight is 986 g/mol. The van der Waals surface area contributed by atoms with Crippen LogP contribution in [-0.2, 0) is 28.6 Å². The van der Waals surface area contributed by atoms with Gasteiger partial charge in [-0.1, -0.05) is 283 Å². The van der Waals surface area contributed by atoms with Gasteiger partial charge in [0.25, 0.3) is 0 Å². The maximum atomic E-state index is 12.9. The zero-order chi connectivity index (χ0) is 50.7. The van der Waals surface area contributed by atoms with E-state index in [2.05, 4.69) is 45.1 Å². The highest BCUT2D eigenvalue weighted by Crippen LogP contribution is 2.17. The second-order valence-electron chi connectivity index (χ2n) is 21.3. The number of esters is 3. The van der Waals surface area contributed by atoms with Gasteiger partial charge in [-0.25, -0.2) is 0 Å². The Hall–Kier alpha value is -2.11. The molecule has 0 radical (unpaired) electrons. The van der Waals surface area contributed by atoms with Gasteiger partial charge in [-0.05, 0) is 70.6 Å². The summed E-state index contributed by atoms with van der Waals surface area (Å²) in [5, 5.41) is 0. The van der Waals surface area contributed by atoms with E-state index < -0.39 is 6.10 Å². The molecular formula is C64H120O6. The molecule has 0 aliphatic carbocycles. The van der Waals surface area contributed by atoms with Gasteiger partial charge in [0.15, 0.2) is 6.10 Å². The van der Waals surface area contributed by atoms with Crippen LogP contribution in [0.1, 0.15) is 348 Å². The first-order valence-corrected chi connectivity index (χ1v) is 31.3. The van der Waals surface area contributed by atoms with Crippen LogP contribution in [0.4, 0.5) is 0 Å². The van der Waals surface area contributed by atoms with E-state index in [1.807, 2.05) is 0 Å². The van der Waals surface area contributed by atoms with Gasteiger partial charge < -0.3 is 14.2 Å². The average Bonchev–Trinajstić information content (AvgIpc) is 3.36. The predicted molar refractivity (Wildman–Crippen MR) is 303 cm³/mol. The summed E-state index contributed by atoms with van der Waals surface area (Å²) in [7, 11) is 0. The molecule has 412 valence electrons. The van der Waals surface area contributed by atoms with Gasteiger partial charge in [-0.3, -0.25) is 14.4 Å².